The standard InChI is InChI=1S/C12H13N3O2/c1-16-10-4-2-9(3-5-10)7-17-12-11(13)6-14-8-15-12/h2-6,8H,7,13H2,1H3. The highest BCUT2D eigenvalue weighted by Crippen LogP contribution is 2.17. The van der Waals surface area contributed by atoms with Gasteiger partial charge in [0, 0.05) is 0 Å². The molecule has 1 heterocycles. The van der Waals surface area contributed by atoms with Crippen LogP contribution in [0.1, 0.15) is 5.56 Å². The number of anilines is 1. The van der Waals surface area contributed by atoms with Gasteiger partial charge in [0.25, 0.3) is 0 Å². The molecule has 0 unspecified atom stereocenters. The van der Waals surface area contributed by atoms with E-state index in [0.29, 0.717) is 18.2 Å². The van der Waals surface area contributed by atoms with Crippen molar-refractivity contribution in [2.24, 2.45) is 0 Å². The van der Waals surface area contributed by atoms with Crippen LogP contribution in [0.5, 0.6) is 11.6 Å². The molecule has 1 aromatic carbocycles. The lowest BCUT2D eigenvalue weighted by Crippen LogP contribution is -2.01. The molecular formula is C12H13N3O2. The van der Waals surface area contributed by atoms with Crippen LogP contribution in [0.4, 0.5) is 5.69 Å². The van der Waals surface area contributed by atoms with Crippen molar-refractivity contribution in [1.29, 1.82) is 0 Å². The largest absolute Gasteiger partial charge is 0.497 e. The van der Waals surface area contributed by atoms with E-state index >= 15 is 0 Å². The number of nitrogens with zero attached hydrogens (tertiary/aromatic N) is 2. The number of hydrogen-bond donors (Lipinski definition) is 1. The summed E-state index contributed by atoms with van der Waals surface area (Å²) in [7, 11) is 1.63. The van der Waals surface area contributed by atoms with Gasteiger partial charge in [0.15, 0.2) is 0 Å². The Bertz CT molecular complexity index is 485. The van der Waals surface area contributed by atoms with E-state index in [2.05, 4.69) is 9.97 Å². The highest BCUT2D eigenvalue weighted by atomic mass is 16.5. The van der Waals surface area contributed by atoms with Crippen LogP contribution < -0.4 is 15.2 Å². The Morgan fingerprint density at radius 3 is 2.65 bits per heavy atom. The smallest absolute Gasteiger partial charge is 0.240 e. The summed E-state index contributed by atoms with van der Waals surface area (Å²) in [5, 5.41) is 0. The third-order valence-corrected chi connectivity index (χ3v) is 2.24. The highest BCUT2D eigenvalue weighted by molar-refractivity contribution is 5.44. The number of ether oxygens (including phenoxy) is 2. The molecule has 5 heteroatoms. The molecule has 0 aliphatic rings. The number of rotatable bonds is 4. The molecule has 2 rings (SSSR count). The molecule has 1 aromatic heterocycles. The van der Waals surface area contributed by atoms with Crippen LogP contribution >= 0.6 is 0 Å². The lowest BCUT2D eigenvalue weighted by atomic mass is 10.2. The van der Waals surface area contributed by atoms with Crippen LogP contribution in [0.25, 0.3) is 0 Å². The Hall–Kier alpha value is -2.30. The van der Waals surface area contributed by atoms with Gasteiger partial charge in [-0.05, 0) is 17.7 Å². The minimum atomic E-state index is 0.399. The van der Waals surface area contributed by atoms with E-state index in [4.69, 9.17) is 15.2 Å². The quantitative estimate of drug-likeness (QED) is 0.866. The average molecular weight is 231 g/mol. The first-order valence-corrected chi connectivity index (χ1v) is 5.11. The molecule has 0 aliphatic heterocycles. The second-order valence-electron chi connectivity index (χ2n) is 3.42. The van der Waals surface area contributed by atoms with Crippen LogP contribution in [0.2, 0.25) is 0 Å². The average Bonchev–Trinajstić information content (AvgIpc) is 2.38. The van der Waals surface area contributed by atoms with Crippen LogP contribution in [0, 0.1) is 0 Å². The summed E-state index contributed by atoms with van der Waals surface area (Å²) in [4.78, 5) is 7.73. The number of hydrogen-bond acceptors (Lipinski definition) is 5. The van der Waals surface area contributed by atoms with Crippen molar-refractivity contribution in [3.05, 3.63) is 42.4 Å². The van der Waals surface area contributed by atoms with Gasteiger partial charge in [0.2, 0.25) is 5.88 Å². The van der Waals surface area contributed by atoms with Crippen LogP contribution in [-0.2, 0) is 6.61 Å². The van der Waals surface area contributed by atoms with Gasteiger partial charge in [0.1, 0.15) is 24.4 Å². The van der Waals surface area contributed by atoms with Gasteiger partial charge in [-0.15, -0.1) is 0 Å². The van der Waals surface area contributed by atoms with Crippen molar-refractivity contribution in [3.8, 4) is 11.6 Å². The van der Waals surface area contributed by atoms with Gasteiger partial charge in [-0.1, -0.05) is 12.1 Å². The van der Waals surface area contributed by atoms with Crippen molar-refractivity contribution in [2.45, 2.75) is 6.61 Å². The van der Waals surface area contributed by atoms with Gasteiger partial charge in [-0.25, -0.2) is 4.98 Å². The first-order chi connectivity index (χ1) is 8.29. The van der Waals surface area contributed by atoms with E-state index in [9.17, 15) is 0 Å². The molecule has 2 N–H and O–H groups in total. The van der Waals surface area contributed by atoms with E-state index < -0.39 is 0 Å². The Balaban J connectivity index is 2.00. The topological polar surface area (TPSA) is 70.3 Å². The lowest BCUT2D eigenvalue weighted by Gasteiger charge is -2.07. The summed E-state index contributed by atoms with van der Waals surface area (Å²) in [6.45, 7) is 0.408. The second-order valence-corrected chi connectivity index (χ2v) is 3.42. The van der Waals surface area contributed by atoms with E-state index in [0.717, 1.165) is 11.3 Å². The summed E-state index contributed by atoms with van der Waals surface area (Å²) in [5.41, 5.74) is 7.11. The third kappa shape index (κ3) is 2.84. The van der Waals surface area contributed by atoms with Crippen molar-refractivity contribution < 1.29 is 9.47 Å². The molecular weight excluding hydrogens is 218 g/mol. The predicted molar refractivity (Wildman–Crippen MR) is 63.8 cm³/mol. The Morgan fingerprint density at radius 1 is 1.24 bits per heavy atom. The van der Waals surface area contributed by atoms with Gasteiger partial charge < -0.3 is 15.2 Å². The molecule has 0 amide bonds. The Labute approximate surface area is 99.2 Å². The zero-order chi connectivity index (χ0) is 12.1. The van der Waals surface area contributed by atoms with Crippen LogP contribution in [0.3, 0.4) is 0 Å². The molecule has 2 aromatic rings. The van der Waals surface area contributed by atoms with E-state index in [1.165, 1.54) is 12.5 Å². The molecule has 0 bridgehead atoms. The summed E-state index contributed by atoms with van der Waals surface area (Å²) < 4.78 is 10.5. The Morgan fingerprint density at radius 2 is 2.00 bits per heavy atom. The molecule has 0 spiro atoms. The minimum Gasteiger partial charge on any atom is -0.497 e. The van der Waals surface area contributed by atoms with E-state index in [1.54, 1.807) is 7.11 Å². The molecule has 5 nitrogen and oxygen atoms in total. The molecule has 0 aliphatic carbocycles. The fraction of sp³-hybridized carbons (Fsp3) is 0.167. The molecule has 88 valence electrons. The molecule has 0 fully saturated rings. The maximum absolute atomic E-state index is 5.66. The van der Waals surface area contributed by atoms with Crippen LogP contribution in [-0.4, -0.2) is 17.1 Å². The van der Waals surface area contributed by atoms with Gasteiger partial charge in [-0.2, -0.15) is 4.98 Å². The number of methoxy groups -OCH3 is 1. The first-order valence-electron chi connectivity index (χ1n) is 5.11. The maximum atomic E-state index is 5.66. The van der Waals surface area contributed by atoms with Gasteiger partial charge in [0.05, 0.1) is 13.3 Å². The second kappa shape index (κ2) is 5.16. The van der Waals surface area contributed by atoms with Crippen molar-refractivity contribution in [1.82, 2.24) is 9.97 Å². The highest BCUT2D eigenvalue weighted by Gasteiger charge is 2.01. The zero-order valence-corrected chi connectivity index (χ0v) is 9.46. The van der Waals surface area contributed by atoms with Crippen molar-refractivity contribution in [2.75, 3.05) is 12.8 Å². The number of nitrogens with two attached hydrogens (primary N) is 1. The summed E-state index contributed by atoms with van der Waals surface area (Å²) in [5.74, 6) is 1.21. The van der Waals surface area contributed by atoms with Crippen molar-refractivity contribution >= 4 is 5.69 Å². The SMILES string of the molecule is COc1ccc(COc2ncncc2N)cc1. The fourth-order valence-corrected chi connectivity index (χ4v) is 1.32. The van der Waals surface area contributed by atoms with Crippen LogP contribution in [0.15, 0.2) is 36.8 Å². The van der Waals surface area contributed by atoms with Gasteiger partial charge >= 0.3 is 0 Å². The molecule has 0 saturated heterocycles. The minimum absolute atomic E-state index is 0.399. The number of nitrogen functional groups attached to an aromatic ring is 1. The summed E-state index contributed by atoms with van der Waals surface area (Å²) in [6, 6.07) is 7.61. The van der Waals surface area contributed by atoms with Gasteiger partial charge in [-0.3, -0.25) is 0 Å². The molecule has 0 radical (unpaired) electrons. The van der Waals surface area contributed by atoms with Crippen molar-refractivity contribution in [3.63, 3.8) is 0 Å². The lowest BCUT2D eigenvalue weighted by molar-refractivity contribution is 0.295. The predicted octanol–water partition coefficient (Wildman–Crippen LogP) is 1.65. The third-order valence-electron chi connectivity index (χ3n) is 2.24. The number of aromatic nitrogens is 2. The monoisotopic (exact) mass is 231 g/mol. The number of benzene rings is 1. The van der Waals surface area contributed by atoms with E-state index in [-0.39, 0.29) is 0 Å². The maximum Gasteiger partial charge on any atom is 0.240 e. The molecule has 0 saturated carbocycles. The fourth-order valence-electron chi connectivity index (χ4n) is 1.32. The summed E-state index contributed by atoms with van der Waals surface area (Å²) in [6.07, 6.45) is 2.91. The molecule has 0 atom stereocenters. The Kier molecular flexibility index (Phi) is 3.40. The summed E-state index contributed by atoms with van der Waals surface area (Å²) >= 11 is 0. The zero-order valence-electron chi connectivity index (χ0n) is 9.46. The molecule has 17 heavy (non-hydrogen) atoms. The van der Waals surface area contributed by atoms with E-state index in [1.807, 2.05) is 24.3 Å². The normalized spacial score (nSPS) is 9.94. The first kappa shape index (κ1) is 11.2.